The molecule has 1 saturated heterocycles. The predicted molar refractivity (Wildman–Crippen MR) is 96.6 cm³/mol. The highest BCUT2D eigenvalue weighted by molar-refractivity contribution is 7.17. The van der Waals surface area contributed by atoms with Crippen LogP contribution in [0.3, 0.4) is 0 Å². The van der Waals surface area contributed by atoms with E-state index in [1.54, 1.807) is 11.3 Å². The number of nitrogens with zero attached hydrogens (tertiary/aromatic N) is 2. The normalized spacial score (nSPS) is 17.6. The minimum absolute atomic E-state index is 0.0910. The van der Waals surface area contributed by atoms with Crippen molar-refractivity contribution in [1.82, 2.24) is 9.88 Å². The van der Waals surface area contributed by atoms with Crippen molar-refractivity contribution in [3.05, 3.63) is 50.9 Å². The monoisotopic (exact) mass is 358 g/mol. The van der Waals surface area contributed by atoms with Crippen LogP contribution in [0.25, 0.3) is 10.8 Å². The Morgan fingerprint density at radius 2 is 2.21 bits per heavy atom. The van der Waals surface area contributed by atoms with Crippen LogP contribution in [0.1, 0.15) is 45.6 Å². The number of likely N-dealkylation sites (tertiary alicyclic amines) is 1. The Kier molecular flexibility index (Phi) is 4.02. The van der Waals surface area contributed by atoms with E-state index in [1.165, 1.54) is 16.9 Å². The number of amides is 1. The van der Waals surface area contributed by atoms with Gasteiger partial charge in [0.1, 0.15) is 10.6 Å². The van der Waals surface area contributed by atoms with E-state index < -0.39 is 0 Å². The Balaban J connectivity index is 1.64. The Morgan fingerprint density at radius 3 is 2.92 bits per heavy atom. The summed E-state index contributed by atoms with van der Waals surface area (Å²) >= 11 is 3.11. The average molecular weight is 358 g/mol. The van der Waals surface area contributed by atoms with E-state index in [1.807, 2.05) is 30.9 Å². The average Bonchev–Trinajstić information content (AvgIpc) is 3.33. The topological polar surface area (TPSA) is 46.3 Å². The molecule has 1 aliphatic rings. The lowest BCUT2D eigenvalue weighted by atomic mass is 10.1. The van der Waals surface area contributed by atoms with E-state index in [4.69, 9.17) is 4.42 Å². The van der Waals surface area contributed by atoms with Crippen molar-refractivity contribution in [2.75, 3.05) is 6.54 Å². The summed E-state index contributed by atoms with van der Waals surface area (Å²) in [6, 6.07) is 6.14. The summed E-state index contributed by atoms with van der Waals surface area (Å²) in [4.78, 5) is 20.4. The zero-order chi connectivity index (χ0) is 16.7. The van der Waals surface area contributed by atoms with Crippen LogP contribution in [0, 0.1) is 13.8 Å². The standard InChI is InChI=1S/C18H18N2O2S2/c1-11-5-6-15(22-11)17-19-12(2)16(24-17)18(21)20-8-3-4-14(20)13-7-9-23-10-13/h5-7,9-10,14H,3-4,8H2,1-2H3/t14-/m1/s1. The molecule has 0 saturated carbocycles. The first-order valence-corrected chi connectivity index (χ1v) is 9.76. The summed E-state index contributed by atoms with van der Waals surface area (Å²) in [5, 5.41) is 4.99. The molecule has 4 nitrogen and oxygen atoms in total. The van der Waals surface area contributed by atoms with Crippen molar-refractivity contribution in [3.8, 4) is 10.8 Å². The molecule has 0 unspecified atom stereocenters. The van der Waals surface area contributed by atoms with Gasteiger partial charge in [0.05, 0.1) is 11.7 Å². The Morgan fingerprint density at radius 1 is 1.33 bits per heavy atom. The number of hydrogen-bond acceptors (Lipinski definition) is 5. The van der Waals surface area contributed by atoms with Crippen LogP contribution < -0.4 is 0 Å². The number of carbonyl (C=O) groups is 1. The van der Waals surface area contributed by atoms with Crippen molar-refractivity contribution in [3.63, 3.8) is 0 Å². The van der Waals surface area contributed by atoms with Crippen LogP contribution in [0.5, 0.6) is 0 Å². The van der Waals surface area contributed by atoms with Gasteiger partial charge in [0.15, 0.2) is 10.8 Å². The molecule has 1 aliphatic heterocycles. The van der Waals surface area contributed by atoms with Crippen LogP contribution in [0.2, 0.25) is 0 Å². The summed E-state index contributed by atoms with van der Waals surface area (Å²) in [7, 11) is 0. The Hall–Kier alpha value is -1.92. The van der Waals surface area contributed by atoms with Crippen LogP contribution >= 0.6 is 22.7 Å². The molecule has 0 bridgehead atoms. The maximum atomic E-state index is 13.1. The number of carbonyl (C=O) groups excluding carboxylic acids is 1. The third kappa shape index (κ3) is 2.70. The summed E-state index contributed by atoms with van der Waals surface area (Å²) in [6.45, 7) is 4.62. The minimum atomic E-state index is 0.0910. The Labute approximate surface area is 148 Å². The number of furan rings is 1. The van der Waals surface area contributed by atoms with E-state index in [0.29, 0.717) is 0 Å². The molecular weight excluding hydrogens is 340 g/mol. The van der Waals surface area contributed by atoms with Gasteiger partial charge in [-0.15, -0.1) is 11.3 Å². The smallest absolute Gasteiger partial charge is 0.266 e. The summed E-state index contributed by atoms with van der Waals surface area (Å²) in [5.74, 6) is 1.67. The van der Waals surface area contributed by atoms with Crippen LogP contribution in [-0.2, 0) is 0 Å². The molecule has 0 aromatic carbocycles. The molecule has 1 atom stereocenters. The van der Waals surface area contributed by atoms with Gasteiger partial charge in [-0.1, -0.05) is 0 Å². The second-order valence-corrected chi connectivity index (χ2v) is 7.84. The largest absolute Gasteiger partial charge is 0.459 e. The van der Waals surface area contributed by atoms with E-state index >= 15 is 0 Å². The third-order valence-electron chi connectivity index (χ3n) is 4.38. The fourth-order valence-electron chi connectivity index (χ4n) is 3.20. The highest BCUT2D eigenvalue weighted by Crippen LogP contribution is 2.37. The van der Waals surface area contributed by atoms with Gasteiger partial charge >= 0.3 is 0 Å². The molecule has 0 spiro atoms. The fourth-order valence-corrected chi connectivity index (χ4v) is 4.89. The molecule has 3 aromatic rings. The molecule has 1 fully saturated rings. The molecule has 24 heavy (non-hydrogen) atoms. The predicted octanol–water partition coefficient (Wildman–Crippen LogP) is 5.06. The molecule has 1 amide bonds. The number of aromatic nitrogens is 1. The lowest BCUT2D eigenvalue weighted by Crippen LogP contribution is -2.30. The first-order chi connectivity index (χ1) is 11.6. The Bertz CT molecular complexity index is 864. The van der Waals surface area contributed by atoms with Crippen molar-refractivity contribution < 1.29 is 9.21 Å². The van der Waals surface area contributed by atoms with E-state index in [9.17, 15) is 4.79 Å². The minimum Gasteiger partial charge on any atom is -0.459 e. The number of rotatable bonds is 3. The number of hydrogen-bond donors (Lipinski definition) is 0. The molecule has 124 valence electrons. The maximum Gasteiger partial charge on any atom is 0.266 e. The molecule has 6 heteroatoms. The zero-order valence-corrected chi connectivity index (χ0v) is 15.2. The van der Waals surface area contributed by atoms with E-state index in [2.05, 4.69) is 21.8 Å². The van der Waals surface area contributed by atoms with Gasteiger partial charge in [-0.05, 0) is 61.2 Å². The molecule has 4 heterocycles. The van der Waals surface area contributed by atoms with Gasteiger partial charge in [0.2, 0.25) is 0 Å². The summed E-state index contributed by atoms with van der Waals surface area (Å²) in [6.07, 6.45) is 2.08. The molecule has 4 rings (SSSR count). The molecule has 0 N–H and O–H groups in total. The van der Waals surface area contributed by atoms with Crippen molar-refractivity contribution in [2.24, 2.45) is 0 Å². The molecule has 3 aromatic heterocycles. The first kappa shape index (κ1) is 15.6. The van der Waals surface area contributed by atoms with E-state index in [-0.39, 0.29) is 11.9 Å². The maximum absolute atomic E-state index is 13.1. The van der Waals surface area contributed by atoms with E-state index in [0.717, 1.165) is 46.5 Å². The van der Waals surface area contributed by atoms with Crippen molar-refractivity contribution >= 4 is 28.6 Å². The van der Waals surface area contributed by atoms with Gasteiger partial charge in [0, 0.05) is 6.54 Å². The molecular formula is C18H18N2O2S2. The quantitative estimate of drug-likeness (QED) is 0.657. The first-order valence-electron chi connectivity index (χ1n) is 8.01. The zero-order valence-electron chi connectivity index (χ0n) is 13.6. The van der Waals surface area contributed by atoms with Gasteiger partial charge in [0.25, 0.3) is 5.91 Å². The molecule has 0 aliphatic carbocycles. The SMILES string of the molecule is Cc1ccc(-c2nc(C)c(C(=O)N3CCC[C@@H]3c3ccsc3)s2)o1. The van der Waals surface area contributed by atoms with Crippen molar-refractivity contribution in [2.45, 2.75) is 32.7 Å². The highest BCUT2D eigenvalue weighted by Gasteiger charge is 2.33. The summed E-state index contributed by atoms with van der Waals surface area (Å²) < 4.78 is 5.65. The second kappa shape index (κ2) is 6.18. The lowest BCUT2D eigenvalue weighted by molar-refractivity contribution is 0.0740. The van der Waals surface area contributed by atoms with Gasteiger partial charge in [-0.2, -0.15) is 11.3 Å². The van der Waals surface area contributed by atoms with Crippen LogP contribution in [0.4, 0.5) is 0 Å². The number of aryl methyl sites for hydroxylation is 2. The molecule has 0 radical (unpaired) electrons. The van der Waals surface area contributed by atoms with Gasteiger partial charge < -0.3 is 9.32 Å². The summed E-state index contributed by atoms with van der Waals surface area (Å²) in [5.41, 5.74) is 2.03. The van der Waals surface area contributed by atoms with Crippen LogP contribution in [-0.4, -0.2) is 22.3 Å². The number of thiophene rings is 1. The van der Waals surface area contributed by atoms with Crippen LogP contribution in [0.15, 0.2) is 33.4 Å². The van der Waals surface area contributed by atoms with Gasteiger partial charge in [-0.3, -0.25) is 4.79 Å². The van der Waals surface area contributed by atoms with Crippen molar-refractivity contribution in [1.29, 1.82) is 0 Å². The fraction of sp³-hybridized carbons (Fsp3) is 0.333. The second-order valence-electron chi connectivity index (χ2n) is 6.06. The van der Waals surface area contributed by atoms with Gasteiger partial charge in [-0.25, -0.2) is 4.98 Å². The lowest BCUT2D eigenvalue weighted by Gasteiger charge is -2.23. The highest BCUT2D eigenvalue weighted by atomic mass is 32.1. The number of thiazole rings is 1. The third-order valence-corrected chi connectivity index (χ3v) is 6.25.